The summed E-state index contributed by atoms with van der Waals surface area (Å²) in [5, 5.41) is 1.81. The zero-order chi connectivity index (χ0) is 14.8. The van der Waals surface area contributed by atoms with Crippen LogP contribution in [0.1, 0.15) is 9.67 Å². The number of thiophene rings is 1. The Balaban J connectivity index is 2.66. The summed E-state index contributed by atoms with van der Waals surface area (Å²) in [6.07, 6.45) is 2.12. The average Bonchev–Trinajstić information content (AvgIpc) is 3.02. The maximum Gasteiger partial charge on any atom is 0.294 e. The van der Waals surface area contributed by atoms with Crippen LogP contribution in [-0.4, -0.2) is 19.3 Å². The summed E-state index contributed by atoms with van der Waals surface area (Å²) >= 11 is 8.00. The molecule has 0 aliphatic heterocycles. The number of rotatable bonds is 5. The number of allylic oxidation sites excluding steroid dienone is 1. The molecule has 2 aromatic heterocycles. The molecule has 0 N–H and O–H groups in total. The largest absolute Gasteiger partial charge is 0.302 e. The number of hydrogen-bond acceptors (Lipinski definition) is 5. The minimum Gasteiger partial charge on any atom is -0.302 e. The molecule has 0 aliphatic carbocycles. The van der Waals surface area contributed by atoms with Gasteiger partial charge in [0.05, 0.1) is 0 Å². The molecular formula is C11H9ClN2O3S3. The quantitative estimate of drug-likeness (QED) is 0.616. The predicted molar refractivity (Wildman–Crippen MR) is 80.0 cm³/mol. The van der Waals surface area contributed by atoms with E-state index in [0.29, 0.717) is 6.29 Å². The van der Waals surface area contributed by atoms with Crippen molar-refractivity contribution in [1.82, 2.24) is 4.57 Å². The fourth-order valence-corrected chi connectivity index (χ4v) is 4.77. The second kappa shape index (κ2) is 6.04. The number of sulfonamides is 1. The summed E-state index contributed by atoms with van der Waals surface area (Å²) in [6, 6.07) is 3.10. The summed E-state index contributed by atoms with van der Waals surface area (Å²) in [6.45, 7) is 3.83. The molecule has 9 heteroatoms. The number of aromatic nitrogens is 1. The molecule has 0 aromatic carbocycles. The molecule has 0 spiro atoms. The number of hydrogen-bond donors (Lipinski definition) is 0. The van der Waals surface area contributed by atoms with Crippen LogP contribution in [0.15, 0.2) is 38.8 Å². The van der Waals surface area contributed by atoms with Crippen molar-refractivity contribution in [2.75, 3.05) is 0 Å². The number of aldehydes is 1. The van der Waals surface area contributed by atoms with E-state index >= 15 is 0 Å². The summed E-state index contributed by atoms with van der Waals surface area (Å²) in [5.41, 5.74) is 0. The molecule has 0 saturated carbocycles. The summed E-state index contributed by atoms with van der Waals surface area (Å²) in [5.74, 6) is 0. The molecule has 2 heterocycles. The number of nitrogens with zero attached hydrogens (tertiary/aromatic N) is 2. The van der Waals surface area contributed by atoms with Crippen molar-refractivity contribution in [2.45, 2.75) is 10.8 Å². The molecule has 2 aromatic rings. The first-order valence-corrected chi connectivity index (χ1v) is 8.80. The van der Waals surface area contributed by atoms with Crippen molar-refractivity contribution in [3.63, 3.8) is 0 Å². The molecule has 0 amide bonds. The molecular weight excluding hydrogens is 340 g/mol. The Kier molecular flexibility index (Phi) is 4.59. The van der Waals surface area contributed by atoms with E-state index in [4.69, 9.17) is 11.6 Å². The molecule has 20 heavy (non-hydrogen) atoms. The minimum absolute atomic E-state index is 0.139. The van der Waals surface area contributed by atoms with E-state index in [1.54, 1.807) is 17.5 Å². The zero-order valence-electron chi connectivity index (χ0n) is 10.0. The summed E-state index contributed by atoms with van der Waals surface area (Å²) < 4.78 is 29.5. The maximum atomic E-state index is 12.1. The van der Waals surface area contributed by atoms with Crippen molar-refractivity contribution < 1.29 is 13.2 Å². The highest BCUT2D eigenvalue weighted by atomic mass is 35.5. The normalized spacial score (nSPS) is 12.6. The second-order valence-electron chi connectivity index (χ2n) is 3.56. The highest BCUT2D eigenvalue weighted by Crippen LogP contribution is 2.20. The van der Waals surface area contributed by atoms with Gasteiger partial charge in [0.1, 0.15) is 14.2 Å². The first-order chi connectivity index (χ1) is 9.49. The Labute approximate surface area is 128 Å². The number of halogens is 1. The molecule has 2 rings (SSSR count). The predicted octanol–water partition coefficient (Wildman–Crippen LogP) is 2.55. The second-order valence-corrected chi connectivity index (χ2v) is 7.70. The molecule has 0 fully saturated rings. The van der Waals surface area contributed by atoms with Crippen LogP contribution in [0, 0.1) is 0 Å². The van der Waals surface area contributed by atoms with Gasteiger partial charge in [0.25, 0.3) is 10.0 Å². The highest BCUT2D eigenvalue weighted by molar-refractivity contribution is 7.92. The lowest BCUT2D eigenvalue weighted by Crippen LogP contribution is -2.16. The Morgan fingerprint density at radius 2 is 2.25 bits per heavy atom. The standard InChI is InChI=1S/C11H9ClN2O3S3/c1-2-5-14-10(12)8(7-15)19-11(14)13-20(16,17)9-4-3-6-18-9/h2-4,6-7H,1,5H2/b13-11-. The van der Waals surface area contributed by atoms with Gasteiger partial charge in [-0.25, -0.2) is 0 Å². The first-order valence-electron chi connectivity index (χ1n) is 5.29. The van der Waals surface area contributed by atoms with E-state index in [1.807, 2.05) is 0 Å². The van der Waals surface area contributed by atoms with Gasteiger partial charge in [-0.2, -0.15) is 8.42 Å². The van der Waals surface area contributed by atoms with E-state index in [1.165, 1.54) is 10.6 Å². The number of carbonyl (C=O) groups excluding carboxylic acids is 1. The van der Waals surface area contributed by atoms with Crippen LogP contribution in [0.3, 0.4) is 0 Å². The van der Waals surface area contributed by atoms with E-state index in [0.717, 1.165) is 22.7 Å². The van der Waals surface area contributed by atoms with Crippen LogP contribution in [0.2, 0.25) is 5.15 Å². The SMILES string of the molecule is C=CCn1c(Cl)c(C=O)s/c1=N\S(=O)(=O)c1cccs1. The molecule has 0 saturated heterocycles. The van der Waals surface area contributed by atoms with Gasteiger partial charge >= 0.3 is 0 Å². The van der Waals surface area contributed by atoms with E-state index in [9.17, 15) is 13.2 Å². The van der Waals surface area contributed by atoms with Gasteiger partial charge in [-0.15, -0.1) is 22.3 Å². The van der Waals surface area contributed by atoms with Gasteiger partial charge in [0, 0.05) is 6.54 Å². The third kappa shape index (κ3) is 2.93. The van der Waals surface area contributed by atoms with Crippen LogP contribution < -0.4 is 4.80 Å². The van der Waals surface area contributed by atoms with Gasteiger partial charge in [0.15, 0.2) is 6.29 Å². The zero-order valence-corrected chi connectivity index (χ0v) is 13.2. The van der Waals surface area contributed by atoms with Gasteiger partial charge in [0.2, 0.25) is 4.80 Å². The molecule has 0 atom stereocenters. The molecule has 0 unspecified atom stereocenters. The monoisotopic (exact) mass is 348 g/mol. The van der Waals surface area contributed by atoms with Crippen LogP contribution in [0.25, 0.3) is 0 Å². The Bertz CT molecular complexity index is 801. The first kappa shape index (κ1) is 15.2. The van der Waals surface area contributed by atoms with Gasteiger partial charge in [-0.1, -0.05) is 35.1 Å². The Morgan fingerprint density at radius 1 is 1.50 bits per heavy atom. The van der Waals surface area contributed by atoms with Gasteiger partial charge < -0.3 is 4.57 Å². The van der Waals surface area contributed by atoms with E-state index < -0.39 is 10.0 Å². The number of thiazole rings is 1. The lowest BCUT2D eigenvalue weighted by Gasteiger charge is -1.99. The van der Waals surface area contributed by atoms with Crippen molar-refractivity contribution in [3.05, 3.63) is 45.0 Å². The average molecular weight is 349 g/mol. The van der Waals surface area contributed by atoms with E-state index in [-0.39, 0.29) is 25.6 Å². The van der Waals surface area contributed by atoms with Crippen molar-refractivity contribution in [1.29, 1.82) is 0 Å². The molecule has 0 bridgehead atoms. The smallest absolute Gasteiger partial charge is 0.294 e. The molecule has 5 nitrogen and oxygen atoms in total. The van der Waals surface area contributed by atoms with Gasteiger partial charge in [-0.05, 0) is 11.4 Å². The Hall–Kier alpha value is -1.22. The van der Waals surface area contributed by atoms with Crippen LogP contribution >= 0.6 is 34.3 Å². The number of carbonyl (C=O) groups is 1. The molecule has 0 radical (unpaired) electrons. The van der Waals surface area contributed by atoms with Gasteiger partial charge in [-0.3, -0.25) is 4.79 Å². The summed E-state index contributed by atoms with van der Waals surface area (Å²) in [4.78, 5) is 11.3. The van der Waals surface area contributed by atoms with Crippen LogP contribution in [-0.2, 0) is 16.6 Å². The lowest BCUT2D eigenvalue weighted by molar-refractivity contribution is 0.112. The van der Waals surface area contributed by atoms with Crippen LogP contribution in [0.5, 0.6) is 0 Å². The highest BCUT2D eigenvalue weighted by Gasteiger charge is 2.16. The Morgan fingerprint density at radius 3 is 2.80 bits per heavy atom. The molecule has 106 valence electrons. The van der Waals surface area contributed by atoms with Crippen molar-refractivity contribution in [3.8, 4) is 0 Å². The minimum atomic E-state index is -3.80. The molecule has 0 aliphatic rings. The van der Waals surface area contributed by atoms with Crippen molar-refractivity contribution >= 4 is 50.6 Å². The lowest BCUT2D eigenvalue weighted by atomic mass is 10.5. The third-order valence-corrected chi connectivity index (χ3v) is 6.52. The topological polar surface area (TPSA) is 68.5 Å². The fourth-order valence-electron chi connectivity index (χ4n) is 1.40. The third-order valence-electron chi connectivity index (χ3n) is 2.24. The van der Waals surface area contributed by atoms with Crippen molar-refractivity contribution in [2.24, 2.45) is 4.40 Å². The fraction of sp³-hybridized carbons (Fsp3) is 0.0909. The van der Waals surface area contributed by atoms with E-state index in [2.05, 4.69) is 11.0 Å². The summed E-state index contributed by atoms with van der Waals surface area (Å²) in [7, 11) is -3.80. The van der Waals surface area contributed by atoms with Crippen LogP contribution in [0.4, 0.5) is 0 Å². The maximum absolute atomic E-state index is 12.1.